The van der Waals surface area contributed by atoms with Crippen LogP contribution in [0, 0.1) is 11.8 Å². The largest absolute Gasteiger partial charge is 0.467 e. The van der Waals surface area contributed by atoms with Crippen molar-refractivity contribution in [1.29, 1.82) is 0 Å². The van der Waals surface area contributed by atoms with Gasteiger partial charge < -0.3 is 45.4 Å². The lowest BCUT2D eigenvalue weighted by molar-refractivity contribution is -0.156. The van der Waals surface area contributed by atoms with Gasteiger partial charge in [-0.2, -0.15) is 0 Å². The number of imidazole rings is 1. The molecule has 0 radical (unpaired) electrons. The number of aryl methyl sites for hydroxylation is 1. The van der Waals surface area contributed by atoms with Crippen LogP contribution in [0.2, 0.25) is 0 Å². The molecular weight excluding hydrogens is 690 g/mol. The minimum Gasteiger partial charge on any atom is -0.467 e. The summed E-state index contributed by atoms with van der Waals surface area (Å²) >= 11 is 0. The van der Waals surface area contributed by atoms with Crippen molar-refractivity contribution in [2.75, 3.05) is 7.11 Å². The lowest BCUT2D eigenvalue weighted by atomic mass is 9.96. The van der Waals surface area contributed by atoms with Crippen LogP contribution in [0.15, 0.2) is 12.5 Å². The summed E-state index contributed by atoms with van der Waals surface area (Å²) in [6.07, 6.45) is 2.32. The van der Waals surface area contributed by atoms with Gasteiger partial charge in [-0.05, 0) is 66.7 Å². The topological polar surface area (TPSA) is 225 Å². The molecule has 17 heteroatoms. The number of amides is 5. The fraction of sp³-hybridized carbons (Fsp3) is 0.722. The number of aromatic nitrogens is 2. The Morgan fingerprint density at radius 2 is 1.30 bits per heavy atom. The Balaban J connectivity index is 3.38. The molecule has 0 spiro atoms. The predicted octanol–water partition coefficient (Wildman–Crippen LogP) is 1.81. The summed E-state index contributed by atoms with van der Waals surface area (Å²) < 4.78 is 17.1. The van der Waals surface area contributed by atoms with E-state index in [1.54, 1.807) is 72.6 Å². The molecule has 53 heavy (non-hydrogen) atoms. The van der Waals surface area contributed by atoms with Crippen molar-refractivity contribution in [3.63, 3.8) is 0 Å². The van der Waals surface area contributed by atoms with Gasteiger partial charge in [0.1, 0.15) is 41.4 Å². The number of rotatable bonds is 18. The molecule has 0 aliphatic rings. The first-order chi connectivity index (χ1) is 24.4. The van der Waals surface area contributed by atoms with Crippen LogP contribution in [-0.4, -0.2) is 99.7 Å². The molecule has 17 nitrogen and oxygen atoms in total. The van der Waals surface area contributed by atoms with Crippen molar-refractivity contribution in [1.82, 2.24) is 36.1 Å². The Morgan fingerprint density at radius 1 is 0.755 bits per heavy atom. The van der Waals surface area contributed by atoms with E-state index in [2.05, 4.69) is 36.3 Å². The molecule has 5 N–H and O–H groups in total. The summed E-state index contributed by atoms with van der Waals surface area (Å²) in [5, 5.41) is 13.0. The highest BCUT2D eigenvalue weighted by molar-refractivity contribution is 5.97. The van der Waals surface area contributed by atoms with Crippen molar-refractivity contribution >= 4 is 41.7 Å². The minimum absolute atomic E-state index is 0.0322. The SMILES string of the molecule is CC[C@H](C)[C@@H](NC(=O)[C@H](Cc1cncn1C)NC(=O)OC(C)(C)C)C(=O)N[C@@H](CC(C)C)C(=O)N[C@@H](CC(=O)OC(C)(C)C)C(=O)N[C@@H](C)C(=O)OC. The maximum absolute atomic E-state index is 13.9. The zero-order valence-electron chi connectivity index (χ0n) is 33.5. The number of hydrogen-bond donors (Lipinski definition) is 5. The second kappa shape index (κ2) is 20.5. The first kappa shape index (κ1) is 46.3. The first-order valence-electron chi connectivity index (χ1n) is 17.8. The number of carbonyl (C=O) groups excluding carboxylic acids is 7. The van der Waals surface area contributed by atoms with Crippen molar-refractivity contribution in [3.8, 4) is 0 Å². The van der Waals surface area contributed by atoms with Crippen molar-refractivity contribution in [2.24, 2.45) is 18.9 Å². The maximum atomic E-state index is 13.9. The number of ether oxygens (including phenoxy) is 3. The average Bonchev–Trinajstić information content (AvgIpc) is 3.43. The van der Waals surface area contributed by atoms with Gasteiger partial charge in [0, 0.05) is 25.4 Å². The van der Waals surface area contributed by atoms with Crippen molar-refractivity contribution in [3.05, 3.63) is 18.2 Å². The number of nitrogens with zero attached hydrogens (tertiary/aromatic N) is 2. The molecule has 300 valence electrons. The zero-order chi connectivity index (χ0) is 40.8. The standard InChI is InChI=1S/C36H61N7O10/c1-14-21(4)28(42-31(47)25(16-23-18-37-19-43(23)12)41-34(50)53-36(9,10)11)32(48)40-24(15-20(2)3)30(46)39-26(17-27(44)52-35(6,7)8)29(45)38-22(5)33(49)51-13/h18-22,24-26,28H,14-17H2,1-13H3,(H,38,45)(H,39,46)(H,40,48)(H,41,50)(H,42,47)/t21-,22-,24-,25-,26-,28+/m0/s1. The highest BCUT2D eigenvalue weighted by Gasteiger charge is 2.36. The molecule has 0 fully saturated rings. The van der Waals surface area contributed by atoms with E-state index >= 15 is 0 Å². The summed E-state index contributed by atoms with van der Waals surface area (Å²) in [4.78, 5) is 96.4. The van der Waals surface area contributed by atoms with Gasteiger partial charge in [0.05, 0.1) is 19.9 Å². The van der Waals surface area contributed by atoms with Gasteiger partial charge in [-0.25, -0.2) is 14.6 Å². The molecule has 0 saturated heterocycles. The summed E-state index contributed by atoms with van der Waals surface area (Å²) in [6, 6.07) is -6.08. The van der Waals surface area contributed by atoms with E-state index < -0.39 is 95.4 Å². The van der Waals surface area contributed by atoms with Crippen LogP contribution in [0.1, 0.15) is 101 Å². The molecule has 1 heterocycles. The third-order valence-corrected chi connectivity index (χ3v) is 7.81. The van der Waals surface area contributed by atoms with Crippen LogP contribution < -0.4 is 26.6 Å². The monoisotopic (exact) mass is 751 g/mol. The smallest absolute Gasteiger partial charge is 0.408 e. The van der Waals surface area contributed by atoms with Gasteiger partial charge in [0.25, 0.3) is 0 Å². The maximum Gasteiger partial charge on any atom is 0.408 e. The normalized spacial score (nSPS) is 15.1. The summed E-state index contributed by atoms with van der Waals surface area (Å²) in [5.74, 6) is -5.06. The fourth-order valence-electron chi connectivity index (χ4n) is 4.95. The molecule has 0 aromatic carbocycles. The van der Waals surface area contributed by atoms with E-state index in [0.29, 0.717) is 12.1 Å². The number of carbonyl (C=O) groups is 7. The van der Waals surface area contributed by atoms with Crippen LogP contribution in [0.5, 0.6) is 0 Å². The number of methoxy groups -OCH3 is 1. The molecular formula is C36H61N7O10. The molecule has 6 atom stereocenters. The van der Waals surface area contributed by atoms with E-state index in [4.69, 9.17) is 9.47 Å². The Hall–Kier alpha value is -4.70. The van der Waals surface area contributed by atoms with Gasteiger partial charge >= 0.3 is 18.0 Å². The van der Waals surface area contributed by atoms with Gasteiger partial charge in [0.2, 0.25) is 23.6 Å². The van der Waals surface area contributed by atoms with Gasteiger partial charge in [0.15, 0.2) is 0 Å². The summed E-state index contributed by atoms with van der Waals surface area (Å²) in [7, 11) is 2.89. The third-order valence-electron chi connectivity index (χ3n) is 7.81. The molecule has 1 aromatic heterocycles. The second-order valence-corrected chi connectivity index (χ2v) is 15.6. The molecule has 0 unspecified atom stereocenters. The number of nitrogens with one attached hydrogen (secondary N) is 5. The number of alkyl carbamates (subject to hydrolysis) is 1. The average molecular weight is 752 g/mol. The van der Waals surface area contributed by atoms with E-state index in [0.717, 1.165) is 7.11 Å². The Morgan fingerprint density at radius 3 is 1.79 bits per heavy atom. The second-order valence-electron chi connectivity index (χ2n) is 15.6. The van der Waals surface area contributed by atoms with Crippen molar-refractivity contribution in [2.45, 2.75) is 143 Å². The molecule has 0 bridgehead atoms. The molecule has 0 saturated carbocycles. The molecule has 1 rings (SSSR count). The molecule has 5 amide bonds. The fourth-order valence-corrected chi connectivity index (χ4v) is 4.95. The van der Waals surface area contributed by atoms with E-state index in [1.165, 1.54) is 6.92 Å². The molecule has 0 aliphatic carbocycles. The first-order valence-corrected chi connectivity index (χ1v) is 17.8. The predicted molar refractivity (Wildman–Crippen MR) is 195 cm³/mol. The van der Waals surface area contributed by atoms with Gasteiger partial charge in [-0.3, -0.25) is 24.0 Å². The van der Waals surface area contributed by atoms with Crippen LogP contribution in [0.3, 0.4) is 0 Å². The lowest BCUT2D eigenvalue weighted by Gasteiger charge is -2.30. The number of esters is 2. The van der Waals surface area contributed by atoms with E-state index in [9.17, 15) is 33.6 Å². The van der Waals surface area contributed by atoms with Crippen molar-refractivity contribution < 1.29 is 47.8 Å². The summed E-state index contributed by atoms with van der Waals surface area (Å²) in [5.41, 5.74) is -1.09. The van der Waals surface area contributed by atoms with Gasteiger partial charge in [-0.1, -0.05) is 34.1 Å². The van der Waals surface area contributed by atoms with Crippen LogP contribution in [-0.2, 0) is 56.4 Å². The summed E-state index contributed by atoms with van der Waals surface area (Å²) in [6.45, 7) is 18.6. The van der Waals surface area contributed by atoms with Crippen LogP contribution in [0.4, 0.5) is 4.79 Å². The van der Waals surface area contributed by atoms with E-state index in [1.807, 2.05) is 20.8 Å². The minimum atomic E-state index is -1.48. The van der Waals surface area contributed by atoms with E-state index in [-0.39, 0.29) is 18.8 Å². The Bertz CT molecular complexity index is 1430. The molecule has 1 aromatic rings. The van der Waals surface area contributed by atoms with Crippen LogP contribution in [0.25, 0.3) is 0 Å². The zero-order valence-corrected chi connectivity index (χ0v) is 33.5. The van der Waals surface area contributed by atoms with Gasteiger partial charge in [-0.15, -0.1) is 0 Å². The third kappa shape index (κ3) is 17.1. The quantitative estimate of drug-likeness (QED) is 0.107. The highest BCUT2D eigenvalue weighted by atomic mass is 16.6. The number of hydrogen-bond acceptors (Lipinski definition) is 11. The Kier molecular flexibility index (Phi) is 17.9. The lowest BCUT2D eigenvalue weighted by Crippen LogP contribution is -2.60. The van der Waals surface area contributed by atoms with Crippen LogP contribution >= 0.6 is 0 Å². The Labute approximate surface area is 312 Å². The molecule has 0 aliphatic heterocycles. The highest BCUT2D eigenvalue weighted by Crippen LogP contribution is 2.14.